The summed E-state index contributed by atoms with van der Waals surface area (Å²) in [4.78, 5) is 29.2. The van der Waals surface area contributed by atoms with Crippen LogP contribution in [0.3, 0.4) is 0 Å². The summed E-state index contributed by atoms with van der Waals surface area (Å²) in [7, 11) is 0. The van der Waals surface area contributed by atoms with E-state index in [-0.39, 0.29) is 17.9 Å². The highest BCUT2D eigenvalue weighted by atomic mass is 79.9. The normalized spacial score (nSPS) is 15.9. The molecule has 2 aromatic carbocycles. The van der Waals surface area contributed by atoms with Crippen LogP contribution >= 0.6 is 15.9 Å². The fraction of sp³-hybridized carbons (Fsp3) is 0.364. The highest BCUT2D eigenvalue weighted by Crippen LogP contribution is 2.16. The monoisotopic (exact) mass is 443 g/mol. The SMILES string of the molecule is Cc1ccccc1CC(=O)N1CCN(C(C)C(=O)Nc2ccc(Br)cc2)CC1. The van der Waals surface area contributed by atoms with Gasteiger partial charge in [0.1, 0.15) is 0 Å². The molecule has 1 atom stereocenters. The zero-order chi connectivity index (χ0) is 20.1. The molecule has 1 heterocycles. The first kappa shape index (κ1) is 20.6. The second kappa shape index (κ2) is 9.34. The molecular formula is C22H26BrN3O2. The van der Waals surface area contributed by atoms with Crippen molar-refractivity contribution < 1.29 is 9.59 Å². The summed E-state index contributed by atoms with van der Waals surface area (Å²) in [5, 5.41) is 2.96. The molecule has 2 amide bonds. The van der Waals surface area contributed by atoms with E-state index in [2.05, 4.69) is 26.1 Å². The summed E-state index contributed by atoms with van der Waals surface area (Å²) < 4.78 is 0.977. The van der Waals surface area contributed by atoms with Crippen LogP contribution in [0.2, 0.25) is 0 Å². The number of benzene rings is 2. The molecule has 0 saturated carbocycles. The quantitative estimate of drug-likeness (QED) is 0.769. The van der Waals surface area contributed by atoms with E-state index >= 15 is 0 Å². The minimum absolute atomic E-state index is 0.0259. The Balaban J connectivity index is 1.50. The molecule has 1 fully saturated rings. The zero-order valence-electron chi connectivity index (χ0n) is 16.3. The lowest BCUT2D eigenvalue weighted by molar-refractivity contribution is -0.133. The number of nitrogens with zero attached hydrogens (tertiary/aromatic N) is 2. The lowest BCUT2D eigenvalue weighted by Crippen LogP contribution is -2.54. The molecule has 1 unspecified atom stereocenters. The number of halogens is 1. The summed E-state index contributed by atoms with van der Waals surface area (Å²) in [5.41, 5.74) is 3.01. The van der Waals surface area contributed by atoms with Crippen molar-refractivity contribution in [2.75, 3.05) is 31.5 Å². The molecule has 1 aliphatic rings. The van der Waals surface area contributed by atoms with E-state index < -0.39 is 0 Å². The van der Waals surface area contributed by atoms with Gasteiger partial charge in [0, 0.05) is 36.3 Å². The number of carbonyl (C=O) groups is 2. The molecule has 1 saturated heterocycles. The Hall–Kier alpha value is -2.18. The van der Waals surface area contributed by atoms with E-state index in [1.165, 1.54) is 0 Å². The number of hydrogen-bond donors (Lipinski definition) is 1. The largest absolute Gasteiger partial charge is 0.340 e. The fourth-order valence-corrected chi connectivity index (χ4v) is 3.65. The first-order valence-corrected chi connectivity index (χ1v) is 10.4. The number of aryl methyl sites for hydroxylation is 1. The molecular weight excluding hydrogens is 418 g/mol. The Kier molecular flexibility index (Phi) is 6.86. The van der Waals surface area contributed by atoms with Crippen molar-refractivity contribution in [3.05, 3.63) is 64.1 Å². The maximum atomic E-state index is 12.6. The van der Waals surface area contributed by atoms with Crippen molar-refractivity contribution in [3.8, 4) is 0 Å². The summed E-state index contributed by atoms with van der Waals surface area (Å²) in [6.07, 6.45) is 0.437. The Morgan fingerprint density at radius 3 is 2.32 bits per heavy atom. The first-order chi connectivity index (χ1) is 13.4. The van der Waals surface area contributed by atoms with Crippen LogP contribution in [-0.2, 0) is 16.0 Å². The Labute approximate surface area is 174 Å². The van der Waals surface area contributed by atoms with Crippen LogP contribution < -0.4 is 5.32 Å². The van der Waals surface area contributed by atoms with Crippen molar-refractivity contribution in [2.45, 2.75) is 26.3 Å². The third-order valence-corrected chi connectivity index (χ3v) is 5.84. The first-order valence-electron chi connectivity index (χ1n) is 9.57. The molecule has 1 N–H and O–H groups in total. The van der Waals surface area contributed by atoms with Gasteiger partial charge in [-0.2, -0.15) is 0 Å². The van der Waals surface area contributed by atoms with E-state index in [9.17, 15) is 9.59 Å². The summed E-state index contributed by atoms with van der Waals surface area (Å²) >= 11 is 3.39. The van der Waals surface area contributed by atoms with Gasteiger partial charge in [0.25, 0.3) is 0 Å². The van der Waals surface area contributed by atoms with Crippen LogP contribution in [0.1, 0.15) is 18.1 Å². The average Bonchev–Trinajstić information content (AvgIpc) is 2.71. The van der Waals surface area contributed by atoms with Gasteiger partial charge in [-0.05, 0) is 49.2 Å². The number of carbonyl (C=O) groups excluding carboxylic acids is 2. The van der Waals surface area contributed by atoms with Gasteiger partial charge in [0.15, 0.2) is 0 Å². The number of nitrogens with one attached hydrogen (secondary N) is 1. The molecule has 6 heteroatoms. The lowest BCUT2D eigenvalue weighted by atomic mass is 10.1. The number of hydrogen-bond acceptors (Lipinski definition) is 3. The average molecular weight is 444 g/mol. The molecule has 148 valence electrons. The maximum Gasteiger partial charge on any atom is 0.241 e. The molecule has 0 radical (unpaired) electrons. The molecule has 0 bridgehead atoms. The highest BCUT2D eigenvalue weighted by Gasteiger charge is 2.27. The van der Waals surface area contributed by atoms with Crippen LogP contribution in [0, 0.1) is 6.92 Å². The zero-order valence-corrected chi connectivity index (χ0v) is 17.9. The Morgan fingerprint density at radius 2 is 1.68 bits per heavy atom. The number of amides is 2. The van der Waals surface area contributed by atoms with E-state index in [0.717, 1.165) is 21.3 Å². The van der Waals surface area contributed by atoms with E-state index in [1.54, 1.807) is 0 Å². The molecule has 1 aliphatic heterocycles. The van der Waals surface area contributed by atoms with Crippen molar-refractivity contribution >= 4 is 33.4 Å². The van der Waals surface area contributed by atoms with Crippen molar-refractivity contribution in [2.24, 2.45) is 0 Å². The van der Waals surface area contributed by atoms with Gasteiger partial charge >= 0.3 is 0 Å². The van der Waals surface area contributed by atoms with Gasteiger partial charge in [-0.3, -0.25) is 14.5 Å². The Bertz CT molecular complexity index is 830. The summed E-state index contributed by atoms with van der Waals surface area (Å²) in [6.45, 7) is 6.66. The third-order valence-electron chi connectivity index (χ3n) is 5.31. The summed E-state index contributed by atoms with van der Waals surface area (Å²) in [6, 6.07) is 15.3. The molecule has 0 aromatic heterocycles. The minimum atomic E-state index is -0.239. The molecule has 5 nitrogen and oxygen atoms in total. The van der Waals surface area contributed by atoms with Crippen LogP contribution in [0.15, 0.2) is 53.0 Å². The highest BCUT2D eigenvalue weighted by molar-refractivity contribution is 9.10. The van der Waals surface area contributed by atoms with Crippen LogP contribution in [-0.4, -0.2) is 53.8 Å². The van der Waals surface area contributed by atoms with E-state index in [4.69, 9.17) is 0 Å². The molecule has 0 aliphatic carbocycles. The van der Waals surface area contributed by atoms with Gasteiger partial charge < -0.3 is 10.2 Å². The number of rotatable bonds is 5. The summed E-state index contributed by atoms with van der Waals surface area (Å²) in [5.74, 6) is 0.128. The van der Waals surface area contributed by atoms with Gasteiger partial charge in [-0.15, -0.1) is 0 Å². The second-order valence-electron chi connectivity index (χ2n) is 7.19. The van der Waals surface area contributed by atoms with Crippen LogP contribution in [0.5, 0.6) is 0 Å². The van der Waals surface area contributed by atoms with Gasteiger partial charge in [0.05, 0.1) is 12.5 Å². The van der Waals surface area contributed by atoms with Gasteiger partial charge in [0.2, 0.25) is 11.8 Å². The van der Waals surface area contributed by atoms with Crippen LogP contribution in [0.4, 0.5) is 5.69 Å². The number of anilines is 1. The van der Waals surface area contributed by atoms with Gasteiger partial charge in [-0.1, -0.05) is 40.2 Å². The van der Waals surface area contributed by atoms with E-state index in [0.29, 0.717) is 32.6 Å². The molecule has 28 heavy (non-hydrogen) atoms. The third kappa shape index (κ3) is 5.20. The van der Waals surface area contributed by atoms with E-state index in [1.807, 2.05) is 67.3 Å². The number of piperazine rings is 1. The second-order valence-corrected chi connectivity index (χ2v) is 8.11. The molecule has 3 rings (SSSR count). The molecule has 2 aromatic rings. The standard InChI is InChI=1S/C22H26BrN3O2/c1-16-5-3-4-6-18(16)15-21(27)26-13-11-25(12-14-26)17(2)22(28)24-20-9-7-19(23)8-10-20/h3-10,17H,11-15H2,1-2H3,(H,24,28). The minimum Gasteiger partial charge on any atom is -0.340 e. The van der Waals surface area contributed by atoms with Crippen molar-refractivity contribution in [1.29, 1.82) is 0 Å². The maximum absolute atomic E-state index is 12.6. The fourth-order valence-electron chi connectivity index (χ4n) is 3.39. The van der Waals surface area contributed by atoms with Crippen LogP contribution in [0.25, 0.3) is 0 Å². The smallest absolute Gasteiger partial charge is 0.241 e. The topological polar surface area (TPSA) is 52.7 Å². The lowest BCUT2D eigenvalue weighted by Gasteiger charge is -2.37. The van der Waals surface area contributed by atoms with Crippen molar-refractivity contribution in [3.63, 3.8) is 0 Å². The Morgan fingerprint density at radius 1 is 1.04 bits per heavy atom. The van der Waals surface area contributed by atoms with Crippen molar-refractivity contribution in [1.82, 2.24) is 9.80 Å². The molecule has 0 spiro atoms. The van der Waals surface area contributed by atoms with Gasteiger partial charge in [-0.25, -0.2) is 0 Å². The predicted octanol–water partition coefficient (Wildman–Crippen LogP) is 3.47. The predicted molar refractivity (Wildman–Crippen MR) is 115 cm³/mol.